The number of pyridine rings is 1. The van der Waals surface area contributed by atoms with E-state index in [1.54, 1.807) is 18.3 Å². The summed E-state index contributed by atoms with van der Waals surface area (Å²) >= 11 is 0. The molecule has 1 aromatic rings. The van der Waals surface area contributed by atoms with E-state index in [1.807, 2.05) is 0 Å². The van der Waals surface area contributed by atoms with Crippen LogP contribution in [0.5, 0.6) is 0 Å². The Labute approximate surface area is 94.4 Å². The lowest BCUT2D eigenvalue weighted by Crippen LogP contribution is -2.20. The number of hydrogen-bond donors (Lipinski definition) is 1. The lowest BCUT2D eigenvalue weighted by Gasteiger charge is -2.09. The number of nitrogens with zero attached hydrogens (tertiary/aromatic N) is 1. The lowest BCUT2D eigenvalue weighted by molar-refractivity contribution is 0.0344. The normalized spacial score (nSPS) is 19.3. The summed E-state index contributed by atoms with van der Waals surface area (Å²) in [6.45, 7) is 1.68. The predicted octanol–water partition coefficient (Wildman–Crippen LogP) is 1.02. The van der Waals surface area contributed by atoms with Crippen LogP contribution in [0.15, 0.2) is 24.5 Å². The summed E-state index contributed by atoms with van der Waals surface area (Å²) in [5.41, 5.74) is 0.513. The van der Waals surface area contributed by atoms with Gasteiger partial charge in [-0.3, -0.25) is 4.98 Å². The van der Waals surface area contributed by atoms with E-state index < -0.39 is 0 Å². The summed E-state index contributed by atoms with van der Waals surface area (Å²) < 4.78 is 5.26. The van der Waals surface area contributed by atoms with Crippen molar-refractivity contribution in [3.8, 4) is 0 Å². The van der Waals surface area contributed by atoms with Crippen molar-refractivity contribution < 1.29 is 9.53 Å². The monoisotopic (exact) mass is 228 g/mol. The fraction of sp³-hybridized carbons (Fsp3) is 0.400. The van der Waals surface area contributed by atoms with Crippen molar-refractivity contribution in [1.29, 1.82) is 0 Å². The van der Waals surface area contributed by atoms with Gasteiger partial charge in [-0.1, -0.05) is 0 Å². The molecule has 1 fully saturated rings. The molecule has 1 N–H and O–H groups in total. The van der Waals surface area contributed by atoms with Gasteiger partial charge in [0, 0.05) is 18.9 Å². The summed E-state index contributed by atoms with van der Waals surface area (Å²) in [7, 11) is 0. The van der Waals surface area contributed by atoms with Gasteiger partial charge in [-0.25, -0.2) is 4.79 Å². The van der Waals surface area contributed by atoms with Crippen LogP contribution in [-0.4, -0.2) is 30.1 Å². The molecule has 5 heteroatoms. The van der Waals surface area contributed by atoms with E-state index in [0.717, 1.165) is 19.5 Å². The summed E-state index contributed by atoms with van der Waals surface area (Å²) in [5, 5.41) is 3.14. The molecule has 0 radical (unpaired) electrons. The third-order valence-corrected chi connectivity index (χ3v) is 2.19. The number of esters is 1. The highest BCUT2D eigenvalue weighted by atomic mass is 35.5. The maximum absolute atomic E-state index is 11.5. The highest BCUT2D eigenvalue weighted by Gasteiger charge is 2.19. The number of hydrogen-bond acceptors (Lipinski definition) is 4. The molecule has 1 saturated heterocycles. The molecule has 1 atom stereocenters. The third-order valence-electron chi connectivity index (χ3n) is 2.19. The van der Waals surface area contributed by atoms with Gasteiger partial charge in [-0.05, 0) is 25.1 Å². The molecule has 1 aliphatic rings. The zero-order valence-electron chi connectivity index (χ0n) is 8.18. The minimum Gasteiger partial charge on any atom is -0.457 e. The van der Waals surface area contributed by atoms with Crippen molar-refractivity contribution in [2.75, 3.05) is 13.1 Å². The molecule has 0 aliphatic carbocycles. The smallest absolute Gasteiger partial charge is 0.340 e. The minimum atomic E-state index is -0.285. The largest absolute Gasteiger partial charge is 0.457 e. The molecule has 0 spiro atoms. The Kier molecular flexibility index (Phi) is 4.52. The van der Waals surface area contributed by atoms with E-state index >= 15 is 0 Å². The molecule has 0 bridgehead atoms. The molecule has 0 aromatic carbocycles. The first-order valence-corrected chi connectivity index (χ1v) is 4.68. The number of aromatic nitrogens is 1. The van der Waals surface area contributed by atoms with Gasteiger partial charge in [0.15, 0.2) is 0 Å². The van der Waals surface area contributed by atoms with E-state index in [4.69, 9.17) is 4.74 Å². The van der Waals surface area contributed by atoms with Crippen LogP contribution in [0.4, 0.5) is 0 Å². The second-order valence-corrected chi connectivity index (χ2v) is 3.26. The standard InChI is InChI=1S/C10H12N2O2.ClH/c13-10(8-2-1-4-11-6-8)14-9-3-5-12-7-9;/h1-2,4,6,9,12H,3,5,7H2;1H. The number of carbonyl (C=O) groups excluding carboxylic acids is 1. The summed E-state index contributed by atoms with van der Waals surface area (Å²) in [4.78, 5) is 15.4. The Bertz CT molecular complexity index is 312. The van der Waals surface area contributed by atoms with Crippen molar-refractivity contribution in [3.63, 3.8) is 0 Å². The average molecular weight is 229 g/mol. The van der Waals surface area contributed by atoms with Gasteiger partial charge in [-0.15, -0.1) is 12.4 Å². The van der Waals surface area contributed by atoms with E-state index in [1.165, 1.54) is 6.20 Å². The van der Waals surface area contributed by atoms with Crippen LogP contribution in [0.25, 0.3) is 0 Å². The van der Waals surface area contributed by atoms with Gasteiger partial charge < -0.3 is 10.1 Å². The highest BCUT2D eigenvalue weighted by molar-refractivity contribution is 5.89. The maximum atomic E-state index is 11.5. The predicted molar refractivity (Wildman–Crippen MR) is 58.2 cm³/mol. The second-order valence-electron chi connectivity index (χ2n) is 3.26. The van der Waals surface area contributed by atoms with E-state index in [-0.39, 0.29) is 24.5 Å². The Morgan fingerprint density at radius 1 is 1.60 bits per heavy atom. The molecule has 0 amide bonds. The quantitative estimate of drug-likeness (QED) is 0.768. The van der Waals surface area contributed by atoms with Crippen LogP contribution in [0.1, 0.15) is 16.8 Å². The van der Waals surface area contributed by atoms with Crippen molar-refractivity contribution >= 4 is 18.4 Å². The van der Waals surface area contributed by atoms with Crippen LogP contribution in [0.2, 0.25) is 0 Å². The van der Waals surface area contributed by atoms with Gasteiger partial charge in [0.2, 0.25) is 0 Å². The first-order chi connectivity index (χ1) is 6.86. The summed E-state index contributed by atoms with van der Waals surface area (Å²) in [6, 6.07) is 3.43. The number of halogens is 1. The van der Waals surface area contributed by atoms with Gasteiger partial charge in [0.25, 0.3) is 0 Å². The molecule has 1 unspecified atom stereocenters. The molecule has 2 heterocycles. The van der Waals surface area contributed by atoms with E-state index in [9.17, 15) is 4.79 Å². The van der Waals surface area contributed by atoms with Gasteiger partial charge >= 0.3 is 5.97 Å². The number of carbonyl (C=O) groups is 1. The Balaban J connectivity index is 0.00000112. The van der Waals surface area contributed by atoms with Crippen LogP contribution < -0.4 is 5.32 Å². The van der Waals surface area contributed by atoms with Gasteiger partial charge in [0.05, 0.1) is 5.56 Å². The Hall–Kier alpha value is -1.13. The summed E-state index contributed by atoms with van der Waals surface area (Å²) in [6.07, 6.45) is 4.06. The minimum absolute atomic E-state index is 0. The molecule has 82 valence electrons. The van der Waals surface area contributed by atoms with Crippen LogP contribution in [0, 0.1) is 0 Å². The number of nitrogens with one attached hydrogen (secondary N) is 1. The van der Waals surface area contributed by atoms with Crippen LogP contribution in [0.3, 0.4) is 0 Å². The fourth-order valence-corrected chi connectivity index (χ4v) is 1.43. The van der Waals surface area contributed by atoms with Crippen molar-refractivity contribution in [3.05, 3.63) is 30.1 Å². The molecule has 1 aliphatic heterocycles. The molecule has 15 heavy (non-hydrogen) atoms. The number of ether oxygens (including phenoxy) is 1. The fourth-order valence-electron chi connectivity index (χ4n) is 1.43. The Morgan fingerprint density at radius 3 is 3.07 bits per heavy atom. The second kappa shape index (κ2) is 5.68. The average Bonchev–Trinajstić information content (AvgIpc) is 2.72. The number of rotatable bonds is 2. The molecule has 0 saturated carbocycles. The van der Waals surface area contributed by atoms with Crippen LogP contribution >= 0.6 is 12.4 Å². The molecule has 4 nitrogen and oxygen atoms in total. The van der Waals surface area contributed by atoms with Gasteiger partial charge in [0.1, 0.15) is 6.10 Å². The van der Waals surface area contributed by atoms with Crippen molar-refractivity contribution in [1.82, 2.24) is 10.3 Å². The van der Waals surface area contributed by atoms with Crippen molar-refractivity contribution in [2.24, 2.45) is 0 Å². The first-order valence-electron chi connectivity index (χ1n) is 4.68. The molecule has 1 aromatic heterocycles. The van der Waals surface area contributed by atoms with Crippen LogP contribution in [-0.2, 0) is 4.74 Å². The summed E-state index contributed by atoms with van der Waals surface area (Å²) in [5.74, 6) is -0.285. The first kappa shape index (κ1) is 11.9. The van der Waals surface area contributed by atoms with E-state index in [2.05, 4.69) is 10.3 Å². The highest BCUT2D eigenvalue weighted by Crippen LogP contribution is 2.07. The topological polar surface area (TPSA) is 51.2 Å². The zero-order chi connectivity index (χ0) is 9.80. The zero-order valence-corrected chi connectivity index (χ0v) is 9.00. The van der Waals surface area contributed by atoms with Crippen molar-refractivity contribution in [2.45, 2.75) is 12.5 Å². The molecule has 2 rings (SSSR count). The SMILES string of the molecule is Cl.O=C(OC1CCNC1)c1cccnc1. The molecular weight excluding hydrogens is 216 g/mol. The van der Waals surface area contributed by atoms with E-state index in [0.29, 0.717) is 5.56 Å². The van der Waals surface area contributed by atoms with Gasteiger partial charge in [-0.2, -0.15) is 0 Å². The maximum Gasteiger partial charge on any atom is 0.340 e. The Morgan fingerprint density at radius 2 is 2.47 bits per heavy atom. The lowest BCUT2D eigenvalue weighted by atomic mass is 10.3. The molecular formula is C10H13ClN2O2. The third kappa shape index (κ3) is 3.18.